The SMILES string of the molecule is CCCCC(CC)COOOC(C)(C)CCC(C)(C)OOOCC(CC)CCCC. The van der Waals surface area contributed by atoms with Crippen molar-refractivity contribution in [3.05, 3.63) is 0 Å². The van der Waals surface area contributed by atoms with Crippen molar-refractivity contribution in [1.29, 1.82) is 0 Å². The number of hydrogen-bond donors (Lipinski definition) is 0. The molecule has 6 heteroatoms. The Kier molecular flexibility index (Phi) is 17.2. The minimum Gasteiger partial charge on any atom is -0.206 e. The first-order valence-electron chi connectivity index (χ1n) is 12.1. The standard InChI is InChI=1S/C24H50O6/c1-9-13-15-21(11-3)19-25-29-27-23(5,6)17-18-24(7,8)28-30-26-20-22(12-4)16-14-10-2/h21-22H,9-20H2,1-8H3. The van der Waals surface area contributed by atoms with Crippen molar-refractivity contribution in [2.45, 2.75) is 131 Å². The Morgan fingerprint density at radius 2 is 0.967 bits per heavy atom. The van der Waals surface area contributed by atoms with Gasteiger partial charge in [-0.2, -0.15) is 0 Å². The Bertz CT molecular complexity index is 350. The van der Waals surface area contributed by atoms with Crippen LogP contribution in [0.5, 0.6) is 0 Å². The molecule has 30 heavy (non-hydrogen) atoms. The third-order valence-corrected chi connectivity index (χ3v) is 5.64. The van der Waals surface area contributed by atoms with Crippen molar-refractivity contribution in [3.63, 3.8) is 0 Å². The van der Waals surface area contributed by atoms with E-state index in [1.165, 1.54) is 25.7 Å². The van der Waals surface area contributed by atoms with Crippen molar-refractivity contribution in [2.24, 2.45) is 11.8 Å². The molecule has 0 aliphatic rings. The summed E-state index contributed by atoms with van der Waals surface area (Å²) in [5.41, 5.74) is -1.000. The number of unbranched alkanes of at least 4 members (excludes halogenated alkanes) is 2. The normalized spacial score (nSPS) is 14.8. The molecule has 2 atom stereocenters. The molecule has 0 aliphatic carbocycles. The van der Waals surface area contributed by atoms with Crippen LogP contribution in [-0.2, 0) is 29.6 Å². The van der Waals surface area contributed by atoms with E-state index in [1.807, 2.05) is 27.7 Å². The van der Waals surface area contributed by atoms with Gasteiger partial charge in [-0.15, -0.1) is 0 Å². The summed E-state index contributed by atoms with van der Waals surface area (Å²) in [6, 6.07) is 0. The zero-order valence-corrected chi connectivity index (χ0v) is 21.1. The van der Waals surface area contributed by atoms with Crippen molar-refractivity contribution in [2.75, 3.05) is 13.2 Å². The van der Waals surface area contributed by atoms with E-state index < -0.39 is 11.2 Å². The highest BCUT2D eigenvalue weighted by Gasteiger charge is 2.28. The van der Waals surface area contributed by atoms with Gasteiger partial charge in [-0.1, -0.05) is 76.3 Å². The van der Waals surface area contributed by atoms with Gasteiger partial charge >= 0.3 is 0 Å². The Labute approximate surface area is 186 Å². The molecule has 0 aliphatic heterocycles. The van der Waals surface area contributed by atoms with Crippen LogP contribution in [-0.4, -0.2) is 24.4 Å². The first-order valence-corrected chi connectivity index (χ1v) is 12.1. The van der Waals surface area contributed by atoms with Gasteiger partial charge in [-0.3, -0.25) is 0 Å². The topological polar surface area (TPSA) is 55.4 Å². The molecule has 0 fully saturated rings. The predicted octanol–water partition coefficient (Wildman–Crippen LogP) is 7.52. The summed E-state index contributed by atoms with van der Waals surface area (Å²) in [4.78, 5) is 21.6. The van der Waals surface area contributed by atoms with Gasteiger partial charge in [0.2, 0.25) is 0 Å². The molecular formula is C24H50O6. The number of rotatable bonds is 21. The van der Waals surface area contributed by atoms with Gasteiger partial charge in [-0.05, 0) is 65.2 Å². The second kappa shape index (κ2) is 17.3. The van der Waals surface area contributed by atoms with E-state index in [9.17, 15) is 0 Å². The summed E-state index contributed by atoms with van der Waals surface area (Å²) < 4.78 is 0. The van der Waals surface area contributed by atoms with Gasteiger partial charge in [0.1, 0.15) is 11.2 Å². The molecule has 2 unspecified atom stereocenters. The van der Waals surface area contributed by atoms with Gasteiger partial charge in [0, 0.05) is 0 Å². The third-order valence-electron chi connectivity index (χ3n) is 5.64. The smallest absolute Gasteiger partial charge is 0.101 e. The highest BCUT2D eigenvalue weighted by atomic mass is 17.5. The summed E-state index contributed by atoms with van der Waals surface area (Å²) >= 11 is 0. The Morgan fingerprint density at radius 1 is 0.600 bits per heavy atom. The van der Waals surface area contributed by atoms with Gasteiger partial charge in [0.25, 0.3) is 0 Å². The molecule has 0 N–H and O–H groups in total. The van der Waals surface area contributed by atoms with Crippen molar-refractivity contribution < 1.29 is 29.6 Å². The summed E-state index contributed by atoms with van der Waals surface area (Å²) in [7, 11) is 0. The Morgan fingerprint density at radius 3 is 1.27 bits per heavy atom. The first-order chi connectivity index (χ1) is 14.2. The van der Waals surface area contributed by atoms with Crippen molar-refractivity contribution in [3.8, 4) is 0 Å². The van der Waals surface area contributed by atoms with Gasteiger partial charge < -0.3 is 0 Å². The van der Waals surface area contributed by atoms with E-state index >= 15 is 0 Å². The maximum absolute atomic E-state index is 5.48. The van der Waals surface area contributed by atoms with E-state index in [-0.39, 0.29) is 0 Å². The van der Waals surface area contributed by atoms with Crippen LogP contribution in [0.2, 0.25) is 0 Å². The Balaban J connectivity index is 4.04. The van der Waals surface area contributed by atoms with Crippen LogP contribution in [0.15, 0.2) is 0 Å². The lowest BCUT2D eigenvalue weighted by molar-refractivity contribution is -0.549. The lowest BCUT2D eigenvalue weighted by atomic mass is 9.94. The van der Waals surface area contributed by atoms with Crippen LogP contribution in [0.3, 0.4) is 0 Å². The molecule has 0 spiro atoms. The molecule has 0 aromatic heterocycles. The van der Waals surface area contributed by atoms with Crippen LogP contribution in [0.25, 0.3) is 0 Å². The minimum absolute atomic E-state index is 0.500. The van der Waals surface area contributed by atoms with E-state index in [0.717, 1.165) is 25.7 Å². The fourth-order valence-electron chi connectivity index (χ4n) is 2.96. The fraction of sp³-hybridized carbons (Fsp3) is 1.00. The van der Waals surface area contributed by atoms with E-state index in [0.29, 0.717) is 37.9 Å². The Hall–Kier alpha value is -0.240. The zero-order chi connectivity index (χ0) is 22.9. The van der Waals surface area contributed by atoms with E-state index in [2.05, 4.69) is 27.7 Å². The van der Waals surface area contributed by atoms with E-state index in [4.69, 9.17) is 29.6 Å². The molecular weight excluding hydrogens is 384 g/mol. The molecule has 0 aromatic rings. The quantitative estimate of drug-likeness (QED) is 0.106. The fourth-order valence-corrected chi connectivity index (χ4v) is 2.96. The lowest BCUT2D eigenvalue weighted by Gasteiger charge is -2.28. The van der Waals surface area contributed by atoms with Gasteiger partial charge in [0.15, 0.2) is 0 Å². The molecule has 6 nitrogen and oxygen atoms in total. The highest BCUT2D eigenvalue weighted by Crippen LogP contribution is 2.26. The largest absolute Gasteiger partial charge is 0.206 e. The molecule has 0 saturated carbocycles. The van der Waals surface area contributed by atoms with Gasteiger partial charge in [0.05, 0.1) is 13.2 Å². The molecule has 182 valence electrons. The molecule has 0 bridgehead atoms. The van der Waals surface area contributed by atoms with E-state index in [1.54, 1.807) is 0 Å². The zero-order valence-electron chi connectivity index (χ0n) is 21.1. The molecule has 0 radical (unpaired) electrons. The second-order valence-electron chi connectivity index (χ2n) is 9.72. The molecule has 0 aromatic carbocycles. The van der Waals surface area contributed by atoms with Crippen molar-refractivity contribution >= 4 is 0 Å². The predicted molar refractivity (Wildman–Crippen MR) is 120 cm³/mol. The highest BCUT2D eigenvalue weighted by molar-refractivity contribution is 4.74. The molecule has 0 heterocycles. The monoisotopic (exact) mass is 434 g/mol. The third kappa shape index (κ3) is 16.5. The number of hydrogen-bond acceptors (Lipinski definition) is 6. The summed E-state index contributed by atoms with van der Waals surface area (Å²) in [6.45, 7) is 17.8. The maximum Gasteiger partial charge on any atom is 0.101 e. The minimum atomic E-state index is -0.500. The van der Waals surface area contributed by atoms with Crippen LogP contribution < -0.4 is 0 Å². The van der Waals surface area contributed by atoms with Gasteiger partial charge in [-0.25, -0.2) is 19.6 Å². The average molecular weight is 435 g/mol. The summed E-state index contributed by atoms with van der Waals surface area (Å²) in [5, 5.41) is 10.1. The second-order valence-corrected chi connectivity index (χ2v) is 9.72. The van der Waals surface area contributed by atoms with Crippen LogP contribution in [0.1, 0.15) is 120 Å². The van der Waals surface area contributed by atoms with Crippen LogP contribution in [0.4, 0.5) is 0 Å². The molecule has 0 saturated heterocycles. The molecule has 0 amide bonds. The first kappa shape index (κ1) is 29.8. The summed E-state index contributed by atoms with van der Waals surface area (Å²) in [5.74, 6) is 1.02. The lowest BCUT2D eigenvalue weighted by Crippen LogP contribution is -2.32. The average Bonchev–Trinajstić information content (AvgIpc) is 2.71. The summed E-state index contributed by atoms with van der Waals surface area (Å²) in [6.07, 6.45) is 10.7. The maximum atomic E-state index is 5.48. The van der Waals surface area contributed by atoms with Crippen molar-refractivity contribution in [1.82, 2.24) is 0 Å². The van der Waals surface area contributed by atoms with Crippen LogP contribution >= 0.6 is 0 Å². The van der Waals surface area contributed by atoms with Crippen LogP contribution in [0, 0.1) is 11.8 Å². The molecule has 0 rings (SSSR count).